The Bertz CT molecular complexity index is 556. The van der Waals surface area contributed by atoms with E-state index in [-0.39, 0.29) is 35.9 Å². The molecule has 8 heteroatoms. The van der Waals surface area contributed by atoms with Crippen LogP contribution < -0.4 is 5.32 Å². The lowest BCUT2D eigenvalue weighted by molar-refractivity contribution is -0.384. The largest absolute Gasteiger partial charge is 0.460 e. The third kappa shape index (κ3) is 6.05. The van der Waals surface area contributed by atoms with Crippen molar-refractivity contribution >= 4 is 29.2 Å². The normalized spacial score (nSPS) is 9.76. The third-order valence-corrected chi connectivity index (χ3v) is 2.45. The fourth-order valence-electron chi connectivity index (χ4n) is 1.35. The molecule has 0 aromatic heterocycles. The van der Waals surface area contributed by atoms with E-state index in [2.05, 4.69) is 11.9 Å². The number of rotatable bonds is 7. The second kappa shape index (κ2) is 8.01. The standard InChI is InChI=1S/C13H13ClN2O5/c1-9(14)8-21-12(17)6-7-15-13(18)10-2-4-11(5-3-10)16(19)20/h2-5H,1,6-8H2,(H,15,18). The fourth-order valence-corrected chi connectivity index (χ4v) is 1.40. The molecular weight excluding hydrogens is 300 g/mol. The van der Waals surface area contributed by atoms with Crippen molar-refractivity contribution < 1.29 is 19.2 Å². The summed E-state index contributed by atoms with van der Waals surface area (Å²) in [7, 11) is 0. The molecule has 0 aliphatic heterocycles. The van der Waals surface area contributed by atoms with Gasteiger partial charge in [0.2, 0.25) is 0 Å². The SMILES string of the molecule is C=C(Cl)COC(=O)CCNC(=O)c1ccc([N+](=O)[O-])cc1. The number of nitrogens with one attached hydrogen (secondary N) is 1. The lowest BCUT2D eigenvalue weighted by Gasteiger charge is -2.05. The zero-order chi connectivity index (χ0) is 15.8. The van der Waals surface area contributed by atoms with Gasteiger partial charge in [-0.1, -0.05) is 18.2 Å². The Hall–Kier alpha value is -2.41. The van der Waals surface area contributed by atoms with Crippen molar-refractivity contribution in [3.63, 3.8) is 0 Å². The summed E-state index contributed by atoms with van der Waals surface area (Å²) in [6.45, 7) is 3.38. The first-order chi connectivity index (χ1) is 9.90. The van der Waals surface area contributed by atoms with Gasteiger partial charge in [-0.05, 0) is 12.1 Å². The van der Waals surface area contributed by atoms with E-state index in [9.17, 15) is 19.7 Å². The highest BCUT2D eigenvalue weighted by molar-refractivity contribution is 6.29. The first-order valence-electron chi connectivity index (χ1n) is 5.91. The molecule has 1 aromatic carbocycles. The van der Waals surface area contributed by atoms with Crippen molar-refractivity contribution in [2.45, 2.75) is 6.42 Å². The van der Waals surface area contributed by atoms with Crippen LogP contribution in [0.4, 0.5) is 5.69 Å². The Labute approximate surface area is 125 Å². The Morgan fingerprint density at radius 3 is 2.48 bits per heavy atom. The summed E-state index contributed by atoms with van der Waals surface area (Å²) in [4.78, 5) is 32.9. The summed E-state index contributed by atoms with van der Waals surface area (Å²) in [6.07, 6.45) is -0.0110. The monoisotopic (exact) mass is 312 g/mol. The molecule has 1 N–H and O–H groups in total. The van der Waals surface area contributed by atoms with Gasteiger partial charge >= 0.3 is 5.97 Å². The van der Waals surface area contributed by atoms with Gasteiger partial charge in [-0.2, -0.15) is 0 Å². The summed E-state index contributed by atoms with van der Waals surface area (Å²) >= 11 is 5.43. The molecule has 1 aromatic rings. The third-order valence-electron chi connectivity index (χ3n) is 2.34. The van der Waals surface area contributed by atoms with Crippen LogP contribution in [0, 0.1) is 10.1 Å². The molecular formula is C13H13ClN2O5. The lowest BCUT2D eigenvalue weighted by atomic mass is 10.2. The number of nitrogens with zero attached hydrogens (tertiary/aromatic N) is 1. The Morgan fingerprint density at radius 1 is 1.33 bits per heavy atom. The van der Waals surface area contributed by atoms with Gasteiger partial charge in [0.25, 0.3) is 11.6 Å². The molecule has 0 spiro atoms. The number of benzene rings is 1. The van der Waals surface area contributed by atoms with Crippen LogP contribution in [0.15, 0.2) is 35.9 Å². The van der Waals surface area contributed by atoms with Crippen molar-refractivity contribution in [1.29, 1.82) is 0 Å². The molecule has 0 unspecified atom stereocenters. The Balaban J connectivity index is 2.38. The van der Waals surface area contributed by atoms with Gasteiger partial charge in [0, 0.05) is 29.3 Å². The van der Waals surface area contributed by atoms with Gasteiger partial charge in [-0.25, -0.2) is 0 Å². The lowest BCUT2D eigenvalue weighted by Crippen LogP contribution is -2.26. The van der Waals surface area contributed by atoms with E-state index in [0.717, 1.165) is 0 Å². The molecule has 7 nitrogen and oxygen atoms in total. The summed E-state index contributed by atoms with van der Waals surface area (Å²) in [5.41, 5.74) is 0.166. The van der Waals surface area contributed by atoms with Crippen LogP contribution in [0.2, 0.25) is 0 Å². The molecule has 0 saturated carbocycles. The molecule has 0 saturated heterocycles. The van der Waals surface area contributed by atoms with Gasteiger partial charge < -0.3 is 10.1 Å². The van der Waals surface area contributed by atoms with Crippen LogP contribution >= 0.6 is 11.6 Å². The minimum absolute atomic E-state index is 0.0110. The molecule has 0 atom stereocenters. The number of nitro groups is 1. The molecule has 0 bridgehead atoms. The highest BCUT2D eigenvalue weighted by atomic mass is 35.5. The summed E-state index contributed by atoms with van der Waals surface area (Å²) < 4.78 is 4.74. The van der Waals surface area contributed by atoms with E-state index in [0.29, 0.717) is 0 Å². The first kappa shape index (κ1) is 16.6. The summed E-state index contributed by atoms with van der Waals surface area (Å²) in [5.74, 6) is -0.944. The number of carbonyl (C=O) groups is 2. The number of hydrogen-bond donors (Lipinski definition) is 1. The number of non-ortho nitro benzene ring substituents is 1. The van der Waals surface area contributed by atoms with Gasteiger partial charge in [-0.15, -0.1) is 0 Å². The first-order valence-corrected chi connectivity index (χ1v) is 6.29. The molecule has 0 fully saturated rings. The van der Waals surface area contributed by atoms with Crippen LogP contribution in [0.1, 0.15) is 16.8 Å². The van der Waals surface area contributed by atoms with E-state index in [4.69, 9.17) is 16.3 Å². The second-order valence-corrected chi connectivity index (χ2v) is 4.52. The van der Waals surface area contributed by atoms with E-state index in [1.165, 1.54) is 24.3 Å². The van der Waals surface area contributed by atoms with Gasteiger partial charge in [0.15, 0.2) is 0 Å². The molecule has 112 valence electrons. The van der Waals surface area contributed by atoms with Crippen molar-refractivity contribution in [2.24, 2.45) is 0 Å². The Kier molecular flexibility index (Phi) is 6.35. The molecule has 21 heavy (non-hydrogen) atoms. The number of halogens is 1. The number of hydrogen-bond acceptors (Lipinski definition) is 5. The van der Waals surface area contributed by atoms with Gasteiger partial charge in [-0.3, -0.25) is 19.7 Å². The molecule has 1 amide bonds. The number of nitro benzene ring substituents is 1. The number of esters is 1. The highest BCUT2D eigenvalue weighted by Gasteiger charge is 2.10. The average Bonchev–Trinajstić information content (AvgIpc) is 2.45. The second-order valence-electron chi connectivity index (χ2n) is 3.99. The zero-order valence-corrected chi connectivity index (χ0v) is 11.8. The van der Waals surface area contributed by atoms with Gasteiger partial charge in [0.05, 0.1) is 11.3 Å². The number of ether oxygens (including phenoxy) is 1. The summed E-state index contributed by atoms with van der Waals surface area (Å²) in [6, 6.07) is 5.14. The molecule has 0 aliphatic rings. The maximum absolute atomic E-state index is 11.7. The smallest absolute Gasteiger partial charge is 0.307 e. The molecule has 1 rings (SSSR count). The Morgan fingerprint density at radius 2 is 1.95 bits per heavy atom. The predicted molar refractivity (Wildman–Crippen MR) is 76.0 cm³/mol. The topological polar surface area (TPSA) is 98.5 Å². The zero-order valence-electron chi connectivity index (χ0n) is 11.0. The van der Waals surface area contributed by atoms with Crippen LogP contribution in [0.5, 0.6) is 0 Å². The quantitative estimate of drug-likeness (QED) is 0.472. The van der Waals surface area contributed by atoms with Gasteiger partial charge in [0.1, 0.15) is 6.61 Å². The minimum atomic E-state index is -0.553. The predicted octanol–water partition coefficient (Wildman–Crippen LogP) is 2.01. The number of carbonyl (C=O) groups excluding carboxylic acids is 2. The van der Waals surface area contributed by atoms with E-state index < -0.39 is 16.8 Å². The van der Waals surface area contributed by atoms with Crippen LogP contribution in [0.25, 0.3) is 0 Å². The fraction of sp³-hybridized carbons (Fsp3) is 0.231. The molecule has 0 heterocycles. The maximum Gasteiger partial charge on any atom is 0.307 e. The molecule has 0 radical (unpaired) electrons. The van der Waals surface area contributed by atoms with Crippen LogP contribution in [0.3, 0.4) is 0 Å². The summed E-state index contributed by atoms with van der Waals surface area (Å²) in [5, 5.41) is 13.2. The van der Waals surface area contributed by atoms with Crippen molar-refractivity contribution in [3.8, 4) is 0 Å². The van der Waals surface area contributed by atoms with Crippen LogP contribution in [-0.4, -0.2) is 30.0 Å². The minimum Gasteiger partial charge on any atom is -0.460 e. The van der Waals surface area contributed by atoms with Crippen molar-refractivity contribution in [3.05, 3.63) is 51.6 Å². The van der Waals surface area contributed by atoms with Crippen LogP contribution in [-0.2, 0) is 9.53 Å². The molecule has 0 aliphatic carbocycles. The van der Waals surface area contributed by atoms with E-state index in [1.807, 2.05) is 0 Å². The average molecular weight is 313 g/mol. The maximum atomic E-state index is 11.7. The number of amides is 1. The van der Waals surface area contributed by atoms with Crippen molar-refractivity contribution in [2.75, 3.05) is 13.2 Å². The van der Waals surface area contributed by atoms with Crippen molar-refractivity contribution in [1.82, 2.24) is 5.32 Å². The highest BCUT2D eigenvalue weighted by Crippen LogP contribution is 2.11. The van der Waals surface area contributed by atoms with E-state index >= 15 is 0 Å². The van der Waals surface area contributed by atoms with E-state index in [1.54, 1.807) is 0 Å².